The van der Waals surface area contributed by atoms with Crippen LogP contribution in [0.4, 0.5) is 8.78 Å². The highest BCUT2D eigenvalue weighted by atomic mass is 32.2. The van der Waals surface area contributed by atoms with Crippen molar-refractivity contribution in [2.75, 3.05) is 0 Å². The summed E-state index contributed by atoms with van der Waals surface area (Å²) in [4.78, 5) is 12.7. The van der Waals surface area contributed by atoms with Crippen LogP contribution in [0, 0.1) is 0 Å². The van der Waals surface area contributed by atoms with Gasteiger partial charge in [-0.05, 0) is 38.0 Å². The minimum absolute atomic E-state index is 0.0313. The van der Waals surface area contributed by atoms with E-state index in [2.05, 4.69) is 15.6 Å². The van der Waals surface area contributed by atoms with Gasteiger partial charge in [-0.3, -0.25) is 9.13 Å². The van der Waals surface area contributed by atoms with Crippen molar-refractivity contribution in [1.29, 1.82) is 0 Å². The molecule has 1 saturated heterocycles. The lowest BCUT2D eigenvalue weighted by Gasteiger charge is -2.14. The van der Waals surface area contributed by atoms with Gasteiger partial charge in [0.15, 0.2) is 5.50 Å². The number of rotatable bonds is 5. The molecule has 1 aliphatic carbocycles. The number of nitrogens with one attached hydrogen (secondary N) is 3. The van der Waals surface area contributed by atoms with Crippen molar-refractivity contribution >= 4 is 32.8 Å². The number of hydrogen-bond acceptors (Lipinski definition) is 6. The number of hydrazine groups is 1. The van der Waals surface area contributed by atoms with Crippen LogP contribution in [0.5, 0.6) is 0 Å². The number of benzene rings is 1. The van der Waals surface area contributed by atoms with Gasteiger partial charge in [0.2, 0.25) is 10.0 Å². The lowest BCUT2D eigenvalue weighted by atomic mass is 10.3. The van der Waals surface area contributed by atoms with Gasteiger partial charge < -0.3 is 0 Å². The summed E-state index contributed by atoms with van der Waals surface area (Å²) in [6, 6.07) is 4.40. The van der Waals surface area contributed by atoms with Gasteiger partial charge in [-0.25, -0.2) is 37.6 Å². The summed E-state index contributed by atoms with van der Waals surface area (Å²) in [6.45, 7) is 1.83. The number of aryl methyl sites for hydroxylation is 1. The van der Waals surface area contributed by atoms with Crippen molar-refractivity contribution in [3.05, 3.63) is 28.7 Å². The first kappa shape index (κ1) is 18.9. The van der Waals surface area contributed by atoms with Crippen molar-refractivity contribution in [2.45, 2.75) is 47.5 Å². The second-order valence-electron chi connectivity index (χ2n) is 7.06. The van der Waals surface area contributed by atoms with Gasteiger partial charge in [0, 0.05) is 12.6 Å². The molecule has 1 aromatic carbocycles. The first-order valence-corrected chi connectivity index (χ1v) is 10.7. The molecule has 4 rings (SSSR count). The minimum atomic E-state index is -3.75. The van der Waals surface area contributed by atoms with Crippen LogP contribution < -0.4 is 21.3 Å². The van der Waals surface area contributed by atoms with Crippen molar-refractivity contribution in [3.63, 3.8) is 0 Å². The van der Waals surface area contributed by atoms with E-state index in [1.807, 2.05) is 6.92 Å². The summed E-state index contributed by atoms with van der Waals surface area (Å²) < 4.78 is 56.5. The Balaban J connectivity index is 1.78. The molecule has 2 aliphatic rings. The Morgan fingerprint density at radius 3 is 2.59 bits per heavy atom. The van der Waals surface area contributed by atoms with Gasteiger partial charge in [-0.15, -0.1) is 0 Å². The molecule has 2 atom stereocenters. The SMILES string of the molecule is Cn1c(=O)n(C2NNC(C(F)F)S2)c2cc(S(=O)(=O)NC3(C)CC3)ccc21. The highest BCUT2D eigenvalue weighted by Gasteiger charge is 2.41. The average molecular weight is 419 g/mol. The van der Waals surface area contributed by atoms with Crippen LogP contribution in [0.15, 0.2) is 27.9 Å². The maximum absolute atomic E-state index is 12.9. The molecule has 0 radical (unpaired) electrons. The molecule has 1 aromatic heterocycles. The van der Waals surface area contributed by atoms with Gasteiger partial charge in [-0.2, -0.15) is 0 Å². The third-order valence-corrected chi connectivity index (χ3v) is 7.68. The highest BCUT2D eigenvalue weighted by molar-refractivity contribution is 8.00. The summed E-state index contributed by atoms with van der Waals surface area (Å²) >= 11 is 0.860. The fraction of sp³-hybridized carbons (Fsp3) is 0.533. The van der Waals surface area contributed by atoms with E-state index in [-0.39, 0.29) is 4.90 Å². The zero-order valence-electron chi connectivity index (χ0n) is 14.6. The topological polar surface area (TPSA) is 97.2 Å². The average Bonchev–Trinajstić information content (AvgIpc) is 3.04. The van der Waals surface area contributed by atoms with E-state index in [4.69, 9.17) is 0 Å². The summed E-state index contributed by atoms with van der Waals surface area (Å²) in [5, 5.41) is -1.17. The molecule has 12 heteroatoms. The molecule has 2 fully saturated rings. The molecule has 0 spiro atoms. The maximum Gasteiger partial charge on any atom is 0.330 e. The first-order chi connectivity index (χ1) is 12.6. The third-order valence-electron chi connectivity index (χ3n) is 4.84. The molecule has 148 valence electrons. The normalized spacial score (nSPS) is 24.8. The van der Waals surface area contributed by atoms with Crippen LogP contribution in [0.2, 0.25) is 0 Å². The quantitative estimate of drug-likeness (QED) is 0.671. The number of imidazole rings is 1. The van der Waals surface area contributed by atoms with Crippen molar-refractivity contribution in [2.24, 2.45) is 7.05 Å². The number of sulfonamides is 1. The van der Waals surface area contributed by atoms with Crippen LogP contribution in [0.3, 0.4) is 0 Å². The molecule has 3 N–H and O–H groups in total. The fourth-order valence-corrected chi connectivity index (χ4v) is 5.50. The molecule has 0 amide bonds. The van der Waals surface area contributed by atoms with Gasteiger partial charge in [0.05, 0.1) is 15.9 Å². The Morgan fingerprint density at radius 2 is 2.00 bits per heavy atom. The summed E-state index contributed by atoms with van der Waals surface area (Å²) in [5.74, 6) is 0. The molecule has 8 nitrogen and oxygen atoms in total. The molecular weight excluding hydrogens is 400 g/mol. The second kappa shape index (κ2) is 6.27. The Labute approximate surface area is 158 Å². The zero-order valence-corrected chi connectivity index (χ0v) is 16.2. The number of aromatic nitrogens is 2. The van der Waals surface area contributed by atoms with E-state index >= 15 is 0 Å². The Bertz CT molecular complexity index is 1060. The fourth-order valence-electron chi connectivity index (χ4n) is 3.02. The number of halogens is 2. The van der Waals surface area contributed by atoms with E-state index < -0.39 is 38.5 Å². The number of nitrogens with zero attached hydrogens (tertiary/aromatic N) is 2. The molecule has 2 aromatic rings. The van der Waals surface area contributed by atoms with E-state index in [0.717, 1.165) is 24.6 Å². The van der Waals surface area contributed by atoms with Gasteiger partial charge in [0.1, 0.15) is 5.37 Å². The lowest BCUT2D eigenvalue weighted by molar-refractivity contribution is 0.131. The molecule has 2 unspecified atom stereocenters. The van der Waals surface area contributed by atoms with Crippen molar-refractivity contribution in [3.8, 4) is 0 Å². The molecule has 2 heterocycles. The van der Waals surface area contributed by atoms with Crippen LogP contribution >= 0.6 is 11.8 Å². The van der Waals surface area contributed by atoms with Crippen LogP contribution in [-0.4, -0.2) is 34.9 Å². The molecular formula is C15H19F2N5O3S2. The molecule has 1 saturated carbocycles. The maximum atomic E-state index is 12.9. The third kappa shape index (κ3) is 3.29. The van der Waals surface area contributed by atoms with Gasteiger partial charge in [0.25, 0.3) is 6.43 Å². The summed E-state index contributed by atoms with van der Waals surface area (Å²) in [5.41, 5.74) is 4.35. The van der Waals surface area contributed by atoms with Crippen LogP contribution in [0.1, 0.15) is 25.3 Å². The molecule has 1 aliphatic heterocycles. The first-order valence-electron chi connectivity index (χ1n) is 8.31. The predicted molar refractivity (Wildman–Crippen MR) is 97.8 cm³/mol. The zero-order chi connectivity index (χ0) is 19.6. The van der Waals surface area contributed by atoms with E-state index in [1.165, 1.54) is 21.3 Å². The van der Waals surface area contributed by atoms with E-state index in [0.29, 0.717) is 11.0 Å². The Kier molecular flexibility index (Phi) is 4.38. The second-order valence-corrected chi connectivity index (χ2v) is 9.97. The lowest BCUT2D eigenvalue weighted by Crippen LogP contribution is -2.37. The van der Waals surface area contributed by atoms with Gasteiger partial charge >= 0.3 is 5.69 Å². The van der Waals surface area contributed by atoms with E-state index in [9.17, 15) is 22.0 Å². The summed E-state index contributed by atoms with van der Waals surface area (Å²) in [6.07, 6.45) is -1.07. The number of hydrogen-bond donors (Lipinski definition) is 3. The molecule has 27 heavy (non-hydrogen) atoms. The Morgan fingerprint density at radius 1 is 1.30 bits per heavy atom. The Hall–Kier alpha value is -1.47. The predicted octanol–water partition coefficient (Wildman–Crippen LogP) is 1.06. The standard InChI is InChI=1S/C15H19F2N5O3S2/c1-15(5-6-15)20-27(24,25)8-3-4-9-10(7-8)22(14(23)21(9)2)13-19-18-12(26-13)11(16)17/h3-4,7,11-13,18-20H,5-6H2,1-2H3. The minimum Gasteiger partial charge on any atom is -0.295 e. The van der Waals surface area contributed by atoms with Gasteiger partial charge in [-0.1, -0.05) is 11.8 Å². The number of fused-ring (bicyclic) bond motifs is 1. The van der Waals surface area contributed by atoms with Crippen LogP contribution in [-0.2, 0) is 17.1 Å². The number of thioether (sulfide) groups is 1. The molecule has 0 bridgehead atoms. The van der Waals surface area contributed by atoms with Crippen molar-refractivity contribution < 1.29 is 17.2 Å². The largest absolute Gasteiger partial charge is 0.330 e. The summed E-state index contributed by atoms with van der Waals surface area (Å²) in [7, 11) is -2.20. The monoisotopic (exact) mass is 419 g/mol. The smallest absolute Gasteiger partial charge is 0.295 e. The van der Waals surface area contributed by atoms with Crippen LogP contribution in [0.25, 0.3) is 11.0 Å². The van der Waals surface area contributed by atoms with E-state index in [1.54, 1.807) is 13.1 Å². The number of alkyl halides is 2. The van der Waals surface area contributed by atoms with Crippen molar-refractivity contribution in [1.82, 2.24) is 24.7 Å². The highest BCUT2D eigenvalue weighted by Crippen LogP contribution is 2.37.